The van der Waals surface area contributed by atoms with Gasteiger partial charge in [-0.1, -0.05) is 54.6 Å². The molecule has 3 aromatic carbocycles. The molecule has 0 radical (unpaired) electrons. The van der Waals surface area contributed by atoms with E-state index < -0.39 is 47.4 Å². The van der Waals surface area contributed by atoms with Crippen LogP contribution in [0.4, 0.5) is 0 Å². The number of hydrogen-bond donors (Lipinski definition) is 1. The van der Waals surface area contributed by atoms with E-state index in [4.69, 9.17) is 28.4 Å². The van der Waals surface area contributed by atoms with Crippen molar-refractivity contribution in [1.82, 2.24) is 9.55 Å². The van der Waals surface area contributed by atoms with Crippen molar-refractivity contribution in [3.63, 3.8) is 0 Å². The lowest BCUT2D eigenvalue weighted by molar-refractivity contribution is -0.160. The van der Waals surface area contributed by atoms with Gasteiger partial charge in [-0.15, -0.1) is 0 Å². The van der Waals surface area contributed by atoms with Crippen molar-refractivity contribution in [2.45, 2.75) is 49.9 Å². The van der Waals surface area contributed by atoms with Crippen molar-refractivity contribution in [2.75, 3.05) is 27.9 Å². The number of esters is 1. The number of nitrogens with one attached hydrogen (secondary N) is 1. The molecule has 4 atom stereocenters. The molecule has 0 saturated carbocycles. The summed E-state index contributed by atoms with van der Waals surface area (Å²) < 4.78 is 37.1. The lowest BCUT2D eigenvalue weighted by Gasteiger charge is -2.37. The molecule has 0 spiro atoms. The van der Waals surface area contributed by atoms with Gasteiger partial charge >= 0.3 is 11.7 Å². The Kier molecular flexibility index (Phi) is 10.9. The van der Waals surface area contributed by atoms with Crippen LogP contribution in [0.5, 0.6) is 11.5 Å². The lowest BCUT2D eigenvalue weighted by Crippen LogP contribution is -2.43. The van der Waals surface area contributed by atoms with Crippen molar-refractivity contribution in [2.24, 2.45) is 0 Å². The summed E-state index contributed by atoms with van der Waals surface area (Å²) in [6.07, 6.45) is -2.94. The van der Waals surface area contributed by atoms with Crippen LogP contribution in [0, 0.1) is 0 Å². The van der Waals surface area contributed by atoms with Crippen molar-refractivity contribution >= 4 is 11.8 Å². The third-order valence-corrected chi connectivity index (χ3v) is 8.27. The van der Waals surface area contributed by atoms with Gasteiger partial charge in [0.25, 0.3) is 5.56 Å². The summed E-state index contributed by atoms with van der Waals surface area (Å²) in [5.74, 6) is 0.510. The molecule has 1 aliphatic heterocycles. The highest BCUT2D eigenvalue weighted by Gasteiger charge is 2.50. The van der Waals surface area contributed by atoms with Crippen LogP contribution in [-0.2, 0) is 34.1 Å². The Morgan fingerprint density at radius 3 is 1.90 bits per heavy atom. The summed E-state index contributed by atoms with van der Waals surface area (Å²) >= 11 is 0. The van der Waals surface area contributed by atoms with E-state index in [1.165, 1.54) is 30.9 Å². The molecule has 12 nitrogen and oxygen atoms in total. The lowest BCUT2D eigenvalue weighted by atomic mass is 9.80. The summed E-state index contributed by atoms with van der Waals surface area (Å²) in [6, 6.07) is 25.8. The first-order valence-corrected chi connectivity index (χ1v) is 15.4. The third-order valence-electron chi connectivity index (χ3n) is 8.27. The number of aromatic amines is 1. The Bertz CT molecular complexity index is 1750. The van der Waals surface area contributed by atoms with Gasteiger partial charge in [0.05, 0.1) is 27.2 Å². The number of hydrogen-bond acceptors (Lipinski definition) is 10. The molecule has 2 heterocycles. The molecule has 1 aromatic heterocycles. The quantitative estimate of drug-likeness (QED) is 0.157. The Morgan fingerprint density at radius 1 is 0.792 bits per heavy atom. The molecule has 1 N–H and O–H groups in total. The molecule has 0 amide bonds. The maximum Gasteiger partial charge on any atom is 0.330 e. The fourth-order valence-corrected chi connectivity index (χ4v) is 5.86. The molecule has 252 valence electrons. The number of Topliss-reactive ketones (excluding diaryl/α,β-unsaturated/α-hetero) is 1. The first-order chi connectivity index (χ1) is 23.2. The maximum absolute atomic E-state index is 13.0. The molecule has 5 rings (SSSR count). The molecule has 1 saturated heterocycles. The normalized spacial score (nSPS) is 19.1. The predicted octanol–water partition coefficient (Wildman–Crippen LogP) is 3.76. The third kappa shape index (κ3) is 7.25. The minimum absolute atomic E-state index is 0.0000916. The second-order valence-electron chi connectivity index (χ2n) is 11.3. The molecule has 4 aromatic rings. The topological polar surface area (TPSA) is 144 Å². The summed E-state index contributed by atoms with van der Waals surface area (Å²) in [4.78, 5) is 51.5. The van der Waals surface area contributed by atoms with Gasteiger partial charge < -0.3 is 33.2 Å². The monoisotopic (exact) mass is 658 g/mol. The maximum atomic E-state index is 13.0. The number of rotatable bonds is 14. The minimum atomic E-state index is -1.22. The van der Waals surface area contributed by atoms with Crippen LogP contribution in [0.1, 0.15) is 42.7 Å². The highest BCUT2D eigenvalue weighted by Crippen LogP contribution is 2.43. The van der Waals surface area contributed by atoms with Crippen molar-refractivity contribution in [3.8, 4) is 11.5 Å². The van der Waals surface area contributed by atoms with E-state index in [0.717, 1.165) is 16.7 Å². The SMILES string of the molecule is COc1ccc(C(OC[C@H]2O[C@@H](n3ccc(=O)[nH]c3=O)[C@@H](OC)C2OC(=O)CCC(C)=O)(c2ccccc2)c2ccc(OC)cc2)cc1. The van der Waals surface area contributed by atoms with Crippen LogP contribution < -0.4 is 20.7 Å². The highest BCUT2D eigenvalue weighted by atomic mass is 16.6. The number of carbonyl (C=O) groups excluding carboxylic acids is 2. The number of nitrogens with zero attached hydrogens (tertiary/aromatic N) is 1. The van der Waals surface area contributed by atoms with E-state index >= 15 is 0 Å². The fourth-order valence-electron chi connectivity index (χ4n) is 5.86. The zero-order chi connectivity index (χ0) is 34.3. The van der Waals surface area contributed by atoms with Crippen molar-refractivity contribution in [1.29, 1.82) is 0 Å². The molecule has 1 fully saturated rings. The molecular weight excluding hydrogens is 620 g/mol. The molecule has 1 unspecified atom stereocenters. The molecule has 48 heavy (non-hydrogen) atoms. The zero-order valence-electron chi connectivity index (χ0n) is 27.1. The molecular formula is C36H38N2O10. The predicted molar refractivity (Wildman–Crippen MR) is 174 cm³/mol. The van der Waals surface area contributed by atoms with E-state index in [1.807, 2.05) is 78.9 Å². The van der Waals surface area contributed by atoms with Crippen LogP contribution in [0.25, 0.3) is 0 Å². The van der Waals surface area contributed by atoms with Crippen molar-refractivity contribution < 1.29 is 38.0 Å². The van der Waals surface area contributed by atoms with Crippen LogP contribution in [-0.4, -0.2) is 67.6 Å². The average molecular weight is 659 g/mol. The summed E-state index contributed by atoms with van der Waals surface area (Å²) in [5, 5.41) is 0. The standard InChI is InChI=1S/C36H38N2O10/c1-23(39)10-19-31(41)48-32-29(47-34(33(32)45-4)38-21-20-30(40)37-35(38)42)22-46-36(24-8-6-5-7-9-24,25-11-15-27(43-2)16-12-25)26-13-17-28(44-3)18-14-26/h5-9,11-18,20-21,29,32-34H,10,19,22H2,1-4H3,(H,37,40,42)/t29-,32?,33+,34-/m1/s1. The second kappa shape index (κ2) is 15.2. The number of methoxy groups -OCH3 is 3. The Labute approximate surface area is 277 Å². The molecule has 12 heteroatoms. The van der Waals surface area contributed by atoms with Gasteiger partial charge in [-0.05, 0) is 47.9 Å². The van der Waals surface area contributed by atoms with E-state index in [2.05, 4.69) is 4.98 Å². The van der Waals surface area contributed by atoms with E-state index in [0.29, 0.717) is 11.5 Å². The second-order valence-corrected chi connectivity index (χ2v) is 11.3. The molecule has 0 aliphatic carbocycles. The van der Waals surface area contributed by atoms with Crippen LogP contribution >= 0.6 is 0 Å². The van der Waals surface area contributed by atoms with Gasteiger partial charge in [0.2, 0.25) is 0 Å². The van der Waals surface area contributed by atoms with Gasteiger partial charge in [-0.2, -0.15) is 0 Å². The summed E-state index contributed by atoms with van der Waals surface area (Å²) in [6.45, 7) is 1.24. The minimum Gasteiger partial charge on any atom is -0.497 e. The van der Waals surface area contributed by atoms with Crippen LogP contribution in [0.3, 0.4) is 0 Å². The number of ether oxygens (including phenoxy) is 6. The number of carbonyl (C=O) groups is 2. The first kappa shape index (κ1) is 34.3. The van der Waals surface area contributed by atoms with Gasteiger partial charge in [0.15, 0.2) is 12.3 Å². The van der Waals surface area contributed by atoms with E-state index in [-0.39, 0.29) is 25.2 Å². The van der Waals surface area contributed by atoms with Gasteiger partial charge in [-0.25, -0.2) is 4.79 Å². The van der Waals surface area contributed by atoms with E-state index in [1.54, 1.807) is 14.2 Å². The largest absolute Gasteiger partial charge is 0.497 e. The van der Waals surface area contributed by atoms with E-state index in [9.17, 15) is 19.2 Å². The van der Waals surface area contributed by atoms with Crippen LogP contribution in [0.2, 0.25) is 0 Å². The average Bonchev–Trinajstić information content (AvgIpc) is 3.44. The fraction of sp³-hybridized carbons (Fsp3) is 0.333. The van der Waals surface area contributed by atoms with Crippen molar-refractivity contribution in [3.05, 3.63) is 129 Å². The van der Waals surface area contributed by atoms with Crippen LogP contribution in [0.15, 0.2) is 101 Å². The van der Waals surface area contributed by atoms with Gasteiger partial charge in [-0.3, -0.25) is 19.1 Å². The Morgan fingerprint density at radius 2 is 1.38 bits per heavy atom. The first-order valence-electron chi connectivity index (χ1n) is 15.4. The number of H-pyrrole nitrogens is 1. The zero-order valence-corrected chi connectivity index (χ0v) is 27.1. The molecule has 0 bridgehead atoms. The van der Waals surface area contributed by atoms with Gasteiger partial charge in [0, 0.05) is 25.8 Å². The number of ketones is 1. The number of aromatic nitrogens is 2. The Hall–Kier alpha value is -5.04. The highest BCUT2D eigenvalue weighted by molar-refractivity contribution is 5.81. The molecule has 1 aliphatic rings. The smallest absolute Gasteiger partial charge is 0.330 e. The number of benzene rings is 3. The summed E-state index contributed by atoms with van der Waals surface area (Å²) in [7, 11) is 4.58. The Balaban J connectivity index is 1.60. The summed E-state index contributed by atoms with van der Waals surface area (Å²) in [5.41, 5.74) is -0.199. The van der Waals surface area contributed by atoms with Gasteiger partial charge in [0.1, 0.15) is 35.1 Å².